The summed E-state index contributed by atoms with van der Waals surface area (Å²) in [6.45, 7) is 9.88. The van der Waals surface area contributed by atoms with Gasteiger partial charge in [0.1, 0.15) is 0 Å². The van der Waals surface area contributed by atoms with E-state index in [-0.39, 0.29) is 11.3 Å². The molecule has 1 aliphatic carbocycles. The minimum Gasteiger partial charge on any atom is -0.353 e. The third kappa shape index (κ3) is 4.70. The van der Waals surface area contributed by atoms with Crippen LogP contribution in [0.15, 0.2) is 0 Å². The van der Waals surface area contributed by atoms with Gasteiger partial charge in [0.2, 0.25) is 5.91 Å². The van der Waals surface area contributed by atoms with E-state index in [1.54, 1.807) is 0 Å². The molecule has 21 heavy (non-hydrogen) atoms. The topological polar surface area (TPSA) is 41.1 Å². The van der Waals surface area contributed by atoms with E-state index in [0.717, 1.165) is 19.4 Å². The Bertz CT molecular complexity index is 347. The first-order valence-electron chi connectivity index (χ1n) is 8.85. The number of hydrogen-bond acceptors (Lipinski definition) is 2. The Hall–Kier alpha value is -0.570. The number of carbonyl (C=O) groups is 1. The van der Waals surface area contributed by atoms with Crippen LogP contribution in [0.3, 0.4) is 0 Å². The number of piperidine rings is 1. The summed E-state index contributed by atoms with van der Waals surface area (Å²) in [6, 6.07) is 0.379. The quantitative estimate of drug-likeness (QED) is 0.834. The Balaban J connectivity index is 1.83. The van der Waals surface area contributed by atoms with E-state index in [0.29, 0.717) is 23.9 Å². The van der Waals surface area contributed by atoms with Gasteiger partial charge >= 0.3 is 0 Å². The molecular formula is C18H34N2O. The van der Waals surface area contributed by atoms with Crippen LogP contribution in [-0.2, 0) is 4.79 Å². The molecule has 1 amide bonds. The summed E-state index contributed by atoms with van der Waals surface area (Å²) in [5, 5.41) is 7.07. The highest BCUT2D eigenvalue weighted by atomic mass is 16.1. The maximum absolute atomic E-state index is 12.3. The van der Waals surface area contributed by atoms with Gasteiger partial charge in [0.05, 0.1) is 0 Å². The second-order valence-electron chi connectivity index (χ2n) is 8.50. The van der Waals surface area contributed by atoms with Gasteiger partial charge in [-0.2, -0.15) is 0 Å². The molecule has 1 saturated carbocycles. The fourth-order valence-corrected chi connectivity index (χ4v) is 3.76. The van der Waals surface area contributed by atoms with Crippen molar-refractivity contribution in [3.8, 4) is 0 Å². The van der Waals surface area contributed by atoms with Crippen LogP contribution in [0, 0.1) is 11.3 Å². The molecule has 1 spiro atoms. The molecule has 2 N–H and O–H groups in total. The van der Waals surface area contributed by atoms with Crippen LogP contribution in [0.25, 0.3) is 0 Å². The smallest absolute Gasteiger partial charge is 0.220 e. The highest BCUT2D eigenvalue weighted by Crippen LogP contribution is 2.35. The Kier molecular flexibility index (Phi) is 5.34. The summed E-state index contributed by atoms with van der Waals surface area (Å²) in [6.07, 6.45) is 9.50. The summed E-state index contributed by atoms with van der Waals surface area (Å²) < 4.78 is 0. The fraction of sp³-hybridized carbons (Fsp3) is 0.944. The van der Waals surface area contributed by atoms with Gasteiger partial charge in [-0.1, -0.05) is 47.0 Å². The standard InChI is InChI=1S/C18H34N2O/c1-14(17(2,3)4)12-16(21)20-15-8-11-19-18(13-15)9-6-5-7-10-18/h14-15,19H,5-13H2,1-4H3,(H,20,21). The van der Waals surface area contributed by atoms with Crippen LogP contribution in [0.1, 0.15) is 79.1 Å². The van der Waals surface area contributed by atoms with Crippen molar-refractivity contribution in [2.75, 3.05) is 6.54 Å². The van der Waals surface area contributed by atoms with Crippen molar-refractivity contribution in [2.24, 2.45) is 11.3 Å². The molecule has 2 atom stereocenters. The maximum Gasteiger partial charge on any atom is 0.220 e. The Morgan fingerprint density at radius 2 is 1.95 bits per heavy atom. The largest absolute Gasteiger partial charge is 0.353 e. The van der Waals surface area contributed by atoms with Gasteiger partial charge in [-0.3, -0.25) is 4.79 Å². The molecule has 1 aliphatic heterocycles. The van der Waals surface area contributed by atoms with Crippen molar-refractivity contribution in [2.45, 2.75) is 90.6 Å². The normalized spacial score (nSPS) is 27.3. The average molecular weight is 294 g/mol. The number of rotatable bonds is 3. The zero-order chi connectivity index (χ0) is 15.5. The minimum absolute atomic E-state index is 0.204. The first-order chi connectivity index (χ1) is 9.81. The SMILES string of the molecule is CC(CC(=O)NC1CCNC2(CCCCC2)C1)C(C)(C)C. The van der Waals surface area contributed by atoms with E-state index in [9.17, 15) is 4.79 Å². The maximum atomic E-state index is 12.3. The van der Waals surface area contributed by atoms with E-state index in [1.807, 2.05) is 0 Å². The van der Waals surface area contributed by atoms with Crippen LogP contribution < -0.4 is 10.6 Å². The molecule has 122 valence electrons. The number of carbonyl (C=O) groups excluding carboxylic acids is 1. The Morgan fingerprint density at radius 1 is 1.29 bits per heavy atom. The highest BCUT2D eigenvalue weighted by Gasteiger charge is 2.37. The monoisotopic (exact) mass is 294 g/mol. The van der Waals surface area contributed by atoms with Gasteiger partial charge in [0, 0.05) is 18.0 Å². The molecule has 0 bridgehead atoms. The Morgan fingerprint density at radius 3 is 2.57 bits per heavy atom. The molecule has 0 radical (unpaired) electrons. The molecule has 3 nitrogen and oxygen atoms in total. The zero-order valence-electron chi connectivity index (χ0n) is 14.4. The van der Waals surface area contributed by atoms with Crippen molar-refractivity contribution in [3.63, 3.8) is 0 Å². The molecule has 2 unspecified atom stereocenters. The summed E-state index contributed by atoms with van der Waals surface area (Å²) in [7, 11) is 0. The second-order valence-corrected chi connectivity index (χ2v) is 8.50. The lowest BCUT2D eigenvalue weighted by Crippen LogP contribution is -2.57. The fourth-order valence-electron chi connectivity index (χ4n) is 3.76. The third-order valence-electron chi connectivity index (χ3n) is 5.78. The zero-order valence-corrected chi connectivity index (χ0v) is 14.4. The first kappa shape index (κ1) is 16.8. The number of amides is 1. The molecule has 0 aromatic heterocycles. The molecule has 1 heterocycles. The molecule has 2 aliphatic rings. The summed E-state index contributed by atoms with van der Waals surface area (Å²) >= 11 is 0. The number of nitrogens with one attached hydrogen (secondary N) is 2. The van der Waals surface area contributed by atoms with Crippen molar-refractivity contribution < 1.29 is 4.79 Å². The van der Waals surface area contributed by atoms with E-state index in [1.165, 1.54) is 32.1 Å². The lowest BCUT2D eigenvalue weighted by molar-refractivity contribution is -0.123. The lowest BCUT2D eigenvalue weighted by atomic mass is 9.74. The molecule has 0 aromatic carbocycles. The van der Waals surface area contributed by atoms with Gasteiger partial charge < -0.3 is 10.6 Å². The molecule has 3 heteroatoms. The van der Waals surface area contributed by atoms with Gasteiger partial charge in [0.15, 0.2) is 0 Å². The van der Waals surface area contributed by atoms with Crippen molar-refractivity contribution in [1.29, 1.82) is 0 Å². The molecule has 1 saturated heterocycles. The lowest BCUT2D eigenvalue weighted by Gasteiger charge is -2.45. The molecule has 2 fully saturated rings. The van der Waals surface area contributed by atoms with Crippen LogP contribution in [0.2, 0.25) is 0 Å². The van der Waals surface area contributed by atoms with Crippen molar-refractivity contribution in [1.82, 2.24) is 10.6 Å². The Labute approximate surface area is 130 Å². The van der Waals surface area contributed by atoms with Crippen LogP contribution in [0.5, 0.6) is 0 Å². The average Bonchev–Trinajstić information content (AvgIpc) is 2.38. The van der Waals surface area contributed by atoms with E-state index in [2.05, 4.69) is 38.3 Å². The molecule has 2 rings (SSSR count). The van der Waals surface area contributed by atoms with E-state index >= 15 is 0 Å². The van der Waals surface area contributed by atoms with Gasteiger partial charge in [-0.05, 0) is 43.6 Å². The van der Waals surface area contributed by atoms with Crippen molar-refractivity contribution in [3.05, 3.63) is 0 Å². The molecule has 0 aromatic rings. The molecular weight excluding hydrogens is 260 g/mol. The van der Waals surface area contributed by atoms with Gasteiger partial charge in [-0.15, -0.1) is 0 Å². The first-order valence-corrected chi connectivity index (χ1v) is 8.85. The van der Waals surface area contributed by atoms with E-state index in [4.69, 9.17) is 0 Å². The van der Waals surface area contributed by atoms with E-state index < -0.39 is 0 Å². The van der Waals surface area contributed by atoms with Crippen LogP contribution in [-0.4, -0.2) is 24.0 Å². The predicted molar refractivity (Wildman–Crippen MR) is 88.2 cm³/mol. The summed E-state index contributed by atoms with van der Waals surface area (Å²) in [5.41, 5.74) is 0.528. The van der Waals surface area contributed by atoms with Crippen LogP contribution >= 0.6 is 0 Å². The minimum atomic E-state index is 0.204. The van der Waals surface area contributed by atoms with Crippen molar-refractivity contribution >= 4 is 5.91 Å². The predicted octanol–water partition coefficient (Wildman–Crippen LogP) is 3.63. The second kappa shape index (κ2) is 6.68. The highest BCUT2D eigenvalue weighted by molar-refractivity contribution is 5.76. The summed E-state index contributed by atoms with van der Waals surface area (Å²) in [5.74, 6) is 0.665. The summed E-state index contributed by atoms with van der Waals surface area (Å²) in [4.78, 5) is 12.3. The van der Waals surface area contributed by atoms with Crippen LogP contribution in [0.4, 0.5) is 0 Å². The van der Waals surface area contributed by atoms with Gasteiger partial charge in [-0.25, -0.2) is 0 Å². The number of hydrogen-bond donors (Lipinski definition) is 2. The third-order valence-corrected chi connectivity index (χ3v) is 5.78. The van der Waals surface area contributed by atoms with Gasteiger partial charge in [0.25, 0.3) is 0 Å².